The minimum absolute atomic E-state index is 0.118. The summed E-state index contributed by atoms with van der Waals surface area (Å²) in [6.45, 7) is 12.4. The molecule has 0 amide bonds. The fourth-order valence-electron chi connectivity index (χ4n) is 1.29. The number of hydrogen-bond acceptors (Lipinski definition) is 3. The number of halogens is 1. The van der Waals surface area contributed by atoms with Crippen LogP contribution in [0.5, 0.6) is 5.88 Å². The molecule has 0 bridgehead atoms. The number of nitrogens with zero attached hydrogens (tertiary/aromatic N) is 1. The Morgan fingerprint density at radius 3 is 2.24 bits per heavy atom. The van der Waals surface area contributed by atoms with E-state index in [2.05, 4.69) is 29.6 Å². The summed E-state index contributed by atoms with van der Waals surface area (Å²) in [5.41, 5.74) is 0.493. The molecule has 0 atom stereocenters. The molecular weight excluding hydrogens is 251 g/mol. The summed E-state index contributed by atoms with van der Waals surface area (Å²) in [5.74, 6) is -0.259. The van der Waals surface area contributed by atoms with E-state index in [-0.39, 0.29) is 11.7 Å². The van der Waals surface area contributed by atoms with Crippen LogP contribution in [0.15, 0.2) is 12.3 Å². The van der Waals surface area contributed by atoms with Gasteiger partial charge in [0, 0.05) is 6.20 Å². The lowest BCUT2D eigenvalue weighted by atomic mass is 10.4. The normalized spacial score (nSPS) is 12.4. The highest BCUT2D eigenvalue weighted by Crippen LogP contribution is 2.25. The van der Waals surface area contributed by atoms with Gasteiger partial charge in [-0.15, -0.1) is 0 Å². The molecule has 0 aliphatic rings. The largest absolute Gasteiger partial charge is 0.529 e. The summed E-state index contributed by atoms with van der Waals surface area (Å²) in [6.07, 6.45) is 1.58. The number of hydrogen-bond donors (Lipinski definition) is 1. The molecule has 0 unspecified atom stereocenters. The van der Waals surface area contributed by atoms with Gasteiger partial charge in [-0.25, -0.2) is 4.98 Å². The van der Waals surface area contributed by atoms with Crippen molar-refractivity contribution in [1.29, 1.82) is 0 Å². The molecule has 1 aromatic rings. The van der Waals surface area contributed by atoms with Gasteiger partial charge in [-0.2, -0.15) is 4.39 Å². The Kier molecular flexibility index (Phi) is 3.98. The van der Waals surface area contributed by atoms with E-state index in [9.17, 15) is 4.39 Å². The predicted octanol–water partition coefficient (Wildman–Crippen LogP) is 3.68. The Morgan fingerprint density at radius 2 is 1.76 bits per heavy atom. The fourth-order valence-corrected chi connectivity index (χ4v) is 3.01. The number of aromatic nitrogens is 1. The van der Waals surface area contributed by atoms with Gasteiger partial charge in [0.05, 0.1) is 5.69 Å². The molecule has 1 rings (SSSR count). The zero-order valence-electron chi connectivity index (χ0n) is 11.4. The summed E-state index contributed by atoms with van der Waals surface area (Å²) in [4.78, 5) is 7.20. The third kappa shape index (κ3) is 4.87. The van der Waals surface area contributed by atoms with Crippen molar-refractivity contribution in [3.8, 4) is 5.88 Å². The average molecular weight is 272 g/mol. The van der Waals surface area contributed by atoms with Gasteiger partial charge in [-0.3, -0.25) is 0 Å². The highest BCUT2D eigenvalue weighted by molar-refractivity contribution is 6.79. The first-order chi connectivity index (χ1) is 7.58. The monoisotopic (exact) mass is 272 g/mol. The highest BCUT2D eigenvalue weighted by atomic mass is 28.4. The lowest BCUT2D eigenvalue weighted by Gasteiger charge is -2.23. The van der Waals surface area contributed by atoms with Crippen LogP contribution >= 0.6 is 0 Å². The van der Waals surface area contributed by atoms with Crippen molar-refractivity contribution in [2.24, 2.45) is 0 Å². The summed E-state index contributed by atoms with van der Waals surface area (Å²) < 4.78 is 19.7. The van der Waals surface area contributed by atoms with E-state index in [1.165, 1.54) is 0 Å². The molecule has 0 aromatic carbocycles. The average Bonchev–Trinajstić information content (AvgIpc) is 2.07. The molecule has 0 fully saturated rings. The van der Waals surface area contributed by atoms with Gasteiger partial charge in [-0.1, -0.05) is 19.6 Å². The van der Waals surface area contributed by atoms with Crippen molar-refractivity contribution in [2.45, 2.75) is 39.3 Å². The second kappa shape index (κ2) is 4.77. The van der Waals surface area contributed by atoms with Gasteiger partial charge in [0.2, 0.25) is 20.0 Å². The van der Waals surface area contributed by atoms with Crippen molar-refractivity contribution in [3.63, 3.8) is 0 Å². The van der Waals surface area contributed by atoms with Crippen molar-refractivity contribution in [2.75, 3.05) is 4.98 Å². The smallest absolute Gasteiger partial charge is 0.244 e. The van der Waals surface area contributed by atoms with Crippen LogP contribution in [0.1, 0.15) is 0 Å². The van der Waals surface area contributed by atoms with E-state index >= 15 is 0 Å². The van der Waals surface area contributed by atoms with Crippen LogP contribution < -0.4 is 9.41 Å². The van der Waals surface area contributed by atoms with Crippen LogP contribution in [0.2, 0.25) is 39.3 Å². The zero-order valence-corrected chi connectivity index (χ0v) is 13.4. The Morgan fingerprint density at radius 1 is 1.18 bits per heavy atom. The molecule has 0 spiro atoms. The van der Waals surface area contributed by atoms with E-state index < -0.39 is 16.6 Å². The molecule has 1 aromatic heterocycles. The molecule has 96 valence electrons. The molecule has 0 aliphatic heterocycles. The molecule has 17 heavy (non-hydrogen) atoms. The van der Waals surface area contributed by atoms with Crippen molar-refractivity contribution in [3.05, 3.63) is 18.1 Å². The first kappa shape index (κ1) is 14.2. The maximum Gasteiger partial charge on any atom is 0.244 e. The minimum Gasteiger partial charge on any atom is -0.529 e. The van der Waals surface area contributed by atoms with Gasteiger partial charge < -0.3 is 9.41 Å². The zero-order chi connectivity index (χ0) is 13.3. The molecule has 1 N–H and O–H groups in total. The maximum absolute atomic E-state index is 14.1. The van der Waals surface area contributed by atoms with E-state index in [0.29, 0.717) is 5.69 Å². The molecule has 0 saturated carbocycles. The summed E-state index contributed by atoms with van der Waals surface area (Å²) >= 11 is 0. The second-order valence-electron chi connectivity index (χ2n) is 6.07. The second-order valence-corrected chi connectivity index (χ2v) is 15.2. The van der Waals surface area contributed by atoms with Gasteiger partial charge >= 0.3 is 0 Å². The van der Waals surface area contributed by atoms with Gasteiger partial charge in [0.25, 0.3) is 0 Å². The van der Waals surface area contributed by atoms with Crippen LogP contribution in [0.3, 0.4) is 0 Å². The van der Waals surface area contributed by atoms with Crippen LogP contribution in [0.4, 0.5) is 10.1 Å². The third-order valence-electron chi connectivity index (χ3n) is 1.77. The first-order valence-electron chi connectivity index (χ1n) is 5.70. The number of pyridine rings is 1. The molecule has 3 nitrogen and oxygen atoms in total. The van der Waals surface area contributed by atoms with Crippen LogP contribution in [0.25, 0.3) is 0 Å². The first-order valence-corrected chi connectivity index (χ1v) is 12.6. The van der Waals surface area contributed by atoms with Crippen molar-refractivity contribution >= 4 is 22.2 Å². The SMILES string of the molecule is C[Si](C)(C)Nc1ccnc(O[Si](C)(C)C)c1F. The fraction of sp³-hybridized carbons (Fsp3) is 0.545. The third-order valence-corrected chi connectivity index (χ3v) is 3.59. The van der Waals surface area contributed by atoms with Gasteiger partial charge in [-0.05, 0) is 25.7 Å². The van der Waals surface area contributed by atoms with E-state index in [1.54, 1.807) is 12.3 Å². The van der Waals surface area contributed by atoms with E-state index in [1.807, 2.05) is 19.6 Å². The Labute approximate surface area is 105 Å². The number of anilines is 1. The van der Waals surface area contributed by atoms with Gasteiger partial charge in [0.1, 0.15) is 8.24 Å². The van der Waals surface area contributed by atoms with Crippen molar-refractivity contribution < 1.29 is 8.82 Å². The molecule has 1 heterocycles. The molecule has 0 aliphatic carbocycles. The summed E-state index contributed by atoms with van der Waals surface area (Å²) in [5, 5.41) is 0. The minimum atomic E-state index is -1.83. The Bertz CT molecular complexity index is 365. The van der Waals surface area contributed by atoms with Gasteiger partial charge in [0.15, 0.2) is 0 Å². The topological polar surface area (TPSA) is 34.2 Å². The quantitative estimate of drug-likeness (QED) is 0.849. The lowest BCUT2D eigenvalue weighted by Crippen LogP contribution is -2.33. The van der Waals surface area contributed by atoms with E-state index in [4.69, 9.17) is 4.43 Å². The lowest BCUT2D eigenvalue weighted by molar-refractivity contribution is 0.477. The van der Waals surface area contributed by atoms with E-state index in [0.717, 1.165) is 0 Å². The molecule has 6 heteroatoms. The van der Waals surface area contributed by atoms with Crippen LogP contribution in [-0.4, -0.2) is 21.5 Å². The highest BCUT2D eigenvalue weighted by Gasteiger charge is 2.22. The molecule has 0 radical (unpaired) electrons. The van der Waals surface area contributed by atoms with Crippen molar-refractivity contribution in [1.82, 2.24) is 4.98 Å². The Balaban J connectivity index is 3.00. The standard InChI is InChI=1S/C11H21FN2OSi2/c1-16(2,3)14-9-7-8-13-11(10(9)12)15-17(4,5)6/h7-8H,1-6H3,(H,13,14). The molecule has 0 saturated heterocycles. The maximum atomic E-state index is 14.1. The van der Waals surface area contributed by atoms with Crippen LogP contribution in [-0.2, 0) is 0 Å². The predicted molar refractivity (Wildman–Crippen MR) is 75.1 cm³/mol. The molecular formula is C11H21FN2OSi2. The Hall–Kier alpha value is -0.886. The van der Waals surface area contributed by atoms with Crippen LogP contribution in [0, 0.1) is 5.82 Å². The number of rotatable bonds is 4. The number of nitrogens with one attached hydrogen (secondary N) is 1. The summed E-state index contributed by atoms with van der Waals surface area (Å²) in [7, 11) is -3.40. The summed E-state index contributed by atoms with van der Waals surface area (Å²) in [6, 6.07) is 1.66.